The molecule has 5 nitrogen and oxygen atoms in total. The summed E-state index contributed by atoms with van der Waals surface area (Å²) in [5.74, 6) is 1.33. The monoisotopic (exact) mass is 350 g/mol. The van der Waals surface area contributed by atoms with Gasteiger partial charge < -0.3 is 14.3 Å². The third kappa shape index (κ3) is 3.25. The van der Waals surface area contributed by atoms with Crippen molar-refractivity contribution >= 4 is 28.4 Å². The molecule has 0 aliphatic heterocycles. The molecule has 2 heterocycles. The zero-order valence-corrected chi connectivity index (χ0v) is 14.9. The van der Waals surface area contributed by atoms with Crippen molar-refractivity contribution < 1.29 is 4.42 Å². The quantitative estimate of drug-likeness (QED) is 0.534. The Morgan fingerprint density at radius 2 is 1.96 bits per heavy atom. The smallest absolute Gasteiger partial charge is 0.277 e. The largest absolute Gasteiger partial charge is 0.411 e. The van der Waals surface area contributed by atoms with Crippen LogP contribution in [0.3, 0.4) is 0 Å². The fourth-order valence-electron chi connectivity index (χ4n) is 2.69. The number of aromatic amines is 1. The Morgan fingerprint density at radius 3 is 2.84 bits per heavy atom. The average molecular weight is 350 g/mol. The fourth-order valence-corrected chi connectivity index (χ4v) is 3.40. The molecule has 4 rings (SSSR count). The van der Waals surface area contributed by atoms with Crippen LogP contribution in [0.4, 0.5) is 5.69 Å². The number of anilines is 1. The van der Waals surface area contributed by atoms with Gasteiger partial charge in [-0.1, -0.05) is 42.1 Å². The lowest BCUT2D eigenvalue weighted by Gasteiger charge is -2.13. The van der Waals surface area contributed by atoms with Crippen LogP contribution in [0.15, 0.2) is 64.4 Å². The van der Waals surface area contributed by atoms with Gasteiger partial charge >= 0.3 is 0 Å². The van der Waals surface area contributed by atoms with Crippen LogP contribution in [0.5, 0.6) is 0 Å². The first-order chi connectivity index (χ1) is 12.2. The summed E-state index contributed by atoms with van der Waals surface area (Å²) < 4.78 is 5.85. The van der Waals surface area contributed by atoms with E-state index in [9.17, 15) is 0 Å². The molecule has 6 heteroatoms. The molecule has 0 saturated heterocycles. The van der Waals surface area contributed by atoms with E-state index in [4.69, 9.17) is 4.42 Å². The maximum atomic E-state index is 5.85. The maximum Gasteiger partial charge on any atom is 0.277 e. The van der Waals surface area contributed by atoms with Gasteiger partial charge in [-0.05, 0) is 23.8 Å². The molecule has 126 valence electrons. The van der Waals surface area contributed by atoms with E-state index in [1.54, 1.807) is 11.8 Å². The lowest BCUT2D eigenvalue weighted by Crippen LogP contribution is -2.08. The van der Waals surface area contributed by atoms with Crippen LogP contribution in [0.25, 0.3) is 22.4 Å². The van der Waals surface area contributed by atoms with Gasteiger partial charge in [0.05, 0.1) is 5.56 Å². The van der Waals surface area contributed by atoms with Gasteiger partial charge in [0.1, 0.15) is 0 Å². The molecule has 0 unspecified atom stereocenters. The molecule has 4 aromatic rings. The normalized spacial score (nSPS) is 11.1. The number of hydrogen-bond donors (Lipinski definition) is 1. The number of para-hydroxylation sites is 1. The number of nitrogens with one attached hydrogen (secondary N) is 1. The molecular weight excluding hydrogens is 332 g/mol. The molecule has 0 atom stereocenters. The van der Waals surface area contributed by atoms with Gasteiger partial charge in [0.15, 0.2) is 0 Å². The summed E-state index contributed by atoms with van der Waals surface area (Å²) in [5.41, 5.74) is 4.40. The van der Waals surface area contributed by atoms with E-state index in [1.165, 1.54) is 11.3 Å². The molecule has 0 fully saturated rings. The van der Waals surface area contributed by atoms with Gasteiger partial charge in [-0.15, -0.1) is 10.2 Å². The zero-order chi connectivity index (χ0) is 17.2. The minimum atomic E-state index is 0.544. The predicted molar refractivity (Wildman–Crippen MR) is 102 cm³/mol. The second kappa shape index (κ2) is 6.64. The van der Waals surface area contributed by atoms with Gasteiger partial charge in [-0.2, -0.15) is 0 Å². The molecule has 0 spiro atoms. The molecule has 0 aliphatic carbocycles. The number of rotatable bonds is 5. The third-order valence-electron chi connectivity index (χ3n) is 4.02. The highest BCUT2D eigenvalue weighted by atomic mass is 32.2. The Morgan fingerprint density at radius 1 is 1.08 bits per heavy atom. The van der Waals surface area contributed by atoms with Crippen molar-refractivity contribution in [2.75, 3.05) is 19.0 Å². The molecule has 0 saturated carbocycles. The van der Waals surface area contributed by atoms with Gasteiger partial charge in [-0.3, -0.25) is 0 Å². The van der Waals surface area contributed by atoms with Crippen LogP contribution >= 0.6 is 11.8 Å². The van der Waals surface area contributed by atoms with Gasteiger partial charge in [0.2, 0.25) is 0 Å². The number of aromatic nitrogens is 3. The van der Waals surface area contributed by atoms with E-state index >= 15 is 0 Å². The fraction of sp³-hybridized carbons (Fsp3) is 0.158. The van der Waals surface area contributed by atoms with Gasteiger partial charge in [0, 0.05) is 42.6 Å². The van der Waals surface area contributed by atoms with Crippen molar-refractivity contribution in [3.05, 3.63) is 60.3 Å². The second-order valence-electron chi connectivity index (χ2n) is 5.97. The van der Waals surface area contributed by atoms with E-state index in [1.807, 2.05) is 44.6 Å². The molecule has 0 amide bonds. The van der Waals surface area contributed by atoms with Crippen LogP contribution in [-0.2, 0) is 5.75 Å². The first-order valence-electron chi connectivity index (χ1n) is 8.00. The van der Waals surface area contributed by atoms with Crippen molar-refractivity contribution in [3.8, 4) is 11.5 Å². The molecule has 0 radical (unpaired) electrons. The zero-order valence-electron chi connectivity index (χ0n) is 14.1. The van der Waals surface area contributed by atoms with Crippen LogP contribution < -0.4 is 4.90 Å². The van der Waals surface area contributed by atoms with E-state index in [0.717, 1.165) is 22.2 Å². The highest BCUT2D eigenvalue weighted by Gasteiger charge is 2.13. The lowest BCUT2D eigenvalue weighted by molar-refractivity contribution is 0.466. The Labute approximate surface area is 150 Å². The highest BCUT2D eigenvalue weighted by molar-refractivity contribution is 7.98. The maximum absolute atomic E-state index is 5.85. The third-order valence-corrected chi connectivity index (χ3v) is 4.90. The number of benzene rings is 2. The van der Waals surface area contributed by atoms with Crippen LogP contribution in [-0.4, -0.2) is 29.3 Å². The summed E-state index contributed by atoms with van der Waals surface area (Å²) in [6.07, 6.45) is 1.91. The summed E-state index contributed by atoms with van der Waals surface area (Å²) in [4.78, 5) is 5.32. The van der Waals surface area contributed by atoms with E-state index < -0.39 is 0 Å². The van der Waals surface area contributed by atoms with Crippen molar-refractivity contribution in [1.82, 2.24) is 15.2 Å². The number of thioether (sulfide) groups is 1. The first kappa shape index (κ1) is 15.8. The predicted octanol–water partition coefficient (Wildman–Crippen LogP) is 4.58. The summed E-state index contributed by atoms with van der Waals surface area (Å²) in [6, 6.07) is 16.5. The molecule has 0 aliphatic rings. The summed E-state index contributed by atoms with van der Waals surface area (Å²) >= 11 is 1.55. The summed E-state index contributed by atoms with van der Waals surface area (Å²) in [7, 11) is 4.08. The number of H-pyrrole nitrogens is 1. The molecular formula is C19H18N4OS. The molecule has 2 aromatic heterocycles. The standard InChI is InChI=1S/C19H18N4OS/c1-23(2)14-7-5-6-13(10-14)12-25-19-22-21-18(24-19)16-11-20-17-9-4-3-8-15(16)17/h3-11,20H,12H2,1-2H3. The van der Waals surface area contributed by atoms with Crippen LogP contribution in [0, 0.1) is 0 Å². The van der Waals surface area contributed by atoms with Crippen LogP contribution in [0.1, 0.15) is 5.56 Å². The molecule has 1 N–H and O–H groups in total. The SMILES string of the molecule is CN(C)c1cccc(CSc2nnc(-c3c[nH]c4ccccc34)o2)c1. The Balaban J connectivity index is 1.51. The van der Waals surface area contributed by atoms with Gasteiger partial charge in [-0.25, -0.2) is 0 Å². The molecule has 25 heavy (non-hydrogen) atoms. The second-order valence-corrected chi connectivity index (χ2v) is 6.90. The lowest BCUT2D eigenvalue weighted by atomic mass is 10.2. The minimum Gasteiger partial charge on any atom is -0.411 e. The summed E-state index contributed by atoms with van der Waals surface area (Å²) in [6.45, 7) is 0. The van der Waals surface area contributed by atoms with Crippen molar-refractivity contribution in [1.29, 1.82) is 0 Å². The van der Waals surface area contributed by atoms with E-state index in [-0.39, 0.29) is 0 Å². The molecule has 0 bridgehead atoms. The first-order valence-corrected chi connectivity index (χ1v) is 8.98. The van der Waals surface area contributed by atoms with E-state index in [2.05, 4.69) is 44.3 Å². The number of fused-ring (bicyclic) bond motifs is 1. The highest BCUT2D eigenvalue weighted by Crippen LogP contribution is 2.30. The topological polar surface area (TPSA) is 58.0 Å². The van der Waals surface area contributed by atoms with E-state index in [0.29, 0.717) is 11.1 Å². The Bertz CT molecular complexity index is 1010. The van der Waals surface area contributed by atoms with Crippen LogP contribution in [0.2, 0.25) is 0 Å². The van der Waals surface area contributed by atoms with Crippen molar-refractivity contribution in [2.45, 2.75) is 11.0 Å². The average Bonchev–Trinajstić information content (AvgIpc) is 3.26. The van der Waals surface area contributed by atoms with Gasteiger partial charge in [0.25, 0.3) is 11.1 Å². The minimum absolute atomic E-state index is 0.544. The number of hydrogen-bond acceptors (Lipinski definition) is 5. The van der Waals surface area contributed by atoms with Crippen molar-refractivity contribution in [2.24, 2.45) is 0 Å². The Hall–Kier alpha value is -2.73. The number of nitrogens with zero attached hydrogens (tertiary/aromatic N) is 3. The van der Waals surface area contributed by atoms with Crippen molar-refractivity contribution in [3.63, 3.8) is 0 Å². The molecule has 2 aromatic carbocycles. The summed E-state index contributed by atoms with van der Waals surface area (Å²) in [5, 5.41) is 10.0. The Kier molecular flexibility index (Phi) is 4.19.